The Labute approximate surface area is 167 Å². The van der Waals surface area contributed by atoms with Gasteiger partial charge in [0.25, 0.3) is 0 Å². The van der Waals surface area contributed by atoms with Crippen molar-refractivity contribution in [3.8, 4) is 0 Å². The van der Waals surface area contributed by atoms with Gasteiger partial charge in [-0.2, -0.15) is 0 Å². The molecule has 2 N–H and O–H groups in total. The van der Waals surface area contributed by atoms with Gasteiger partial charge in [-0.25, -0.2) is 19.7 Å². The summed E-state index contributed by atoms with van der Waals surface area (Å²) < 4.78 is 5.75. The molecule has 7 heteroatoms. The monoisotopic (exact) mass is 388 g/mol. The van der Waals surface area contributed by atoms with E-state index in [9.17, 15) is 9.90 Å². The molecule has 2 amide bonds. The van der Waals surface area contributed by atoms with Crippen molar-refractivity contribution < 1.29 is 14.6 Å². The van der Waals surface area contributed by atoms with Gasteiger partial charge in [-0.15, -0.1) is 0 Å². The fraction of sp³-hybridized carbons (Fsp3) is 0.476. The van der Waals surface area contributed by atoms with E-state index in [2.05, 4.69) is 28.6 Å². The van der Waals surface area contributed by atoms with Crippen molar-refractivity contribution >= 4 is 18.5 Å². The third-order valence-electron chi connectivity index (χ3n) is 4.10. The van der Waals surface area contributed by atoms with E-state index in [-0.39, 0.29) is 19.1 Å². The number of urea groups is 1. The average molecular weight is 389 g/mol. The lowest BCUT2D eigenvalue weighted by atomic mass is 10.0. The number of amides is 2. The van der Waals surface area contributed by atoms with E-state index in [4.69, 9.17) is 4.74 Å². The fourth-order valence-corrected chi connectivity index (χ4v) is 2.56. The molecule has 0 aromatic rings. The second kappa shape index (κ2) is 10.6. The minimum atomic E-state index is -0.565. The Morgan fingerprint density at radius 1 is 1.36 bits per heavy atom. The summed E-state index contributed by atoms with van der Waals surface area (Å²) in [5, 5.41) is 12.5. The summed E-state index contributed by atoms with van der Waals surface area (Å²) in [6.07, 6.45) is 1.83. The van der Waals surface area contributed by atoms with Gasteiger partial charge in [-0.3, -0.25) is 0 Å². The van der Waals surface area contributed by atoms with Crippen LogP contribution in [0.2, 0.25) is 0 Å². The topological polar surface area (TPSA) is 86.5 Å². The highest BCUT2D eigenvalue weighted by Gasteiger charge is 2.32. The van der Waals surface area contributed by atoms with Crippen molar-refractivity contribution in [3.63, 3.8) is 0 Å². The molecule has 0 spiro atoms. The Morgan fingerprint density at radius 2 is 2.00 bits per heavy atom. The molecule has 1 heterocycles. The van der Waals surface area contributed by atoms with Gasteiger partial charge in [0, 0.05) is 18.0 Å². The highest BCUT2D eigenvalue weighted by atomic mass is 16.5. The van der Waals surface area contributed by atoms with Gasteiger partial charge in [-0.05, 0) is 57.6 Å². The maximum atomic E-state index is 12.9. The van der Waals surface area contributed by atoms with E-state index in [0.29, 0.717) is 29.5 Å². The van der Waals surface area contributed by atoms with Gasteiger partial charge >= 0.3 is 6.03 Å². The number of nitrogens with zero attached hydrogens (tertiary/aromatic N) is 3. The van der Waals surface area contributed by atoms with Crippen LogP contribution in [0.1, 0.15) is 41.5 Å². The maximum absolute atomic E-state index is 12.9. The average Bonchev–Trinajstić information content (AvgIpc) is 2.65. The Morgan fingerprint density at radius 3 is 2.46 bits per heavy atom. The number of aliphatic hydroxyl groups excluding tert-OH is 1. The molecule has 154 valence electrons. The lowest BCUT2D eigenvalue weighted by molar-refractivity contribution is 0.140. The van der Waals surface area contributed by atoms with Gasteiger partial charge in [-0.1, -0.05) is 20.4 Å². The van der Waals surface area contributed by atoms with Crippen molar-refractivity contribution in [2.75, 3.05) is 19.8 Å². The summed E-state index contributed by atoms with van der Waals surface area (Å²) in [4.78, 5) is 22.6. The molecule has 0 saturated heterocycles. The first kappa shape index (κ1) is 23.4. The summed E-state index contributed by atoms with van der Waals surface area (Å²) in [5.74, 6) is 1.02. The molecule has 1 rings (SSSR count). The zero-order valence-corrected chi connectivity index (χ0v) is 17.8. The molecule has 0 radical (unpaired) electrons. The van der Waals surface area contributed by atoms with E-state index in [1.54, 1.807) is 0 Å². The first-order chi connectivity index (χ1) is 13.1. The number of dihydropyridines is 1. The van der Waals surface area contributed by atoms with Crippen LogP contribution in [-0.2, 0) is 4.74 Å². The van der Waals surface area contributed by atoms with Crippen LogP contribution in [0.4, 0.5) is 4.79 Å². The highest BCUT2D eigenvalue weighted by molar-refractivity contribution is 5.98. The van der Waals surface area contributed by atoms with Crippen molar-refractivity contribution in [3.05, 3.63) is 46.8 Å². The molecule has 1 aliphatic rings. The van der Waals surface area contributed by atoms with E-state index in [1.807, 2.05) is 47.6 Å². The SMILES string of the molecule is C=NC(=O)N(C(/N=C(/C)C(=C)C)=C(C)C)C1=C(C(C)C)NCC=C1OCCO. The molecule has 0 fully saturated rings. The van der Waals surface area contributed by atoms with Gasteiger partial charge in [0.2, 0.25) is 0 Å². The molecule has 0 saturated carbocycles. The number of aliphatic hydroxyl groups is 1. The van der Waals surface area contributed by atoms with Crippen molar-refractivity contribution in [1.29, 1.82) is 0 Å². The summed E-state index contributed by atoms with van der Waals surface area (Å²) in [6.45, 7) is 19.4. The lowest BCUT2D eigenvalue weighted by Crippen LogP contribution is -2.36. The molecule has 28 heavy (non-hydrogen) atoms. The zero-order chi connectivity index (χ0) is 21.4. The third kappa shape index (κ3) is 5.66. The highest BCUT2D eigenvalue weighted by Crippen LogP contribution is 2.32. The maximum Gasteiger partial charge on any atom is 0.353 e. The predicted octanol–water partition coefficient (Wildman–Crippen LogP) is 3.76. The predicted molar refractivity (Wildman–Crippen MR) is 114 cm³/mol. The molecule has 0 unspecified atom stereocenters. The van der Waals surface area contributed by atoms with Crippen LogP contribution in [0.5, 0.6) is 0 Å². The quantitative estimate of drug-likeness (QED) is 0.620. The molecule has 0 atom stereocenters. The summed E-state index contributed by atoms with van der Waals surface area (Å²) >= 11 is 0. The van der Waals surface area contributed by atoms with Crippen LogP contribution in [0.15, 0.2) is 56.8 Å². The number of rotatable bonds is 8. The normalized spacial score (nSPS) is 14.3. The molecule has 0 aliphatic carbocycles. The molecule has 7 nitrogen and oxygen atoms in total. The Bertz CT molecular complexity index is 754. The van der Waals surface area contributed by atoms with Crippen LogP contribution in [-0.4, -0.2) is 48.2 Å². The lowest BCUT2D eigenvalue weighted by Gasteiger charge is -2.33. The van der Waals surface area contributed by atoms with Crippen molar-refractivity contribution in [2.24, 2.45) is 15.9 Å². The summed E-state index contributed by atoms with van der Waals surface area (Å²) in [7, 11) is 0. The number of hydrogen-bond donors (Lipinski definition) is 2. The fourth-order valence-electron chi connectivity index (χ4n) is 2.56. The number of aliphatic imine (C=N–C) groups is 2. The Kier molecular flexibility index (Phi) is 8.85. The number of hydrogen-bond acceptors (Lipinski definition) is 5. The Balaban J connectivity index is 3.75. The summed E-state index contributed by atoms with van der Waals surface area (Å²) in [5.41, 5.74) is 3.68. The number of carbonyl (C=O) groups is 1. The van der Waals surface area contributed by atoms with Gasteiger partial charge in [0.15, 0.2) is 0 Å². The molecule has 0 aromatic carbocycles. The zero-order valence-electron chi connectivity index (χ0n) is 17.8. The number of carbonyl (C=O) groups excluding carboxylic acids is 1. The molecule has 0 aromatic heterocycles. The third-order valence-corrected chi connectivity index (χ3v) is 4.10. The number of allylic oxidation sites excluding steroid dienone is 3. The van der Waals surface area contributed by atoms with Crippen LogP contribution in [0.25, 0.3) is 0 Å². The van der Waals surface area contributed by atoms with E-state index in [0.717, 1.165) is 16.8 Å². The molecule has 0 bridgehead atoms. The van der Waals surface area contributed by atoms with E-state index in [1.165, 1.54) is 4.90 Å². The Hall–Kier alpha value is -2.67. The first-order valence-electron chi connectivity index (χ1n) is 9.27. The largest absolute Gasteiger partial charge is 0.489 e. The first-order valence-corrected chi connectivity index (χ1v) is 9.27. The van der Waals surface area contributed by atoms with E-state index < -0.39 is 6.03 Å². The van der Waals surface area contributed by atoms with Gasteiger partial charge < -0.3 is 15.2 Å². The van der Waals surface area contributed by atoms with Crippen LogP contribution < -0.4 is 5.32 Å². The standard InChI is InChI=1S/C21H32N4O3/c1-13(2)16(7)24-20(15(5)6)25(21(27)22-8)19-17(28-12-11-26)9-10-23-18(19)14(3)4/h9,14,23,26H,1,8,10-12H2,2-7H3/b24-16-. The second-order valence-corrected chi connectivity index (χ2v) is 7.02. The molecular weight excluding hydrogens is 356 g/mol. The summed E-state index contributed by atoms with van der Waals surface area (Å²) in [6, 6.07) is -0.565. The van der Waals surface area contributed by atoms with Gasteiger partial charge in [0.05, 0.1) is 6.61 Å². The van der Waals surface area contributed by atoms with Crippen LogP contribution in [0.3, 0.4) is 0 Å². The van der Waals surface area contributed by atoms with Crippen LogP contribution >= 0.6 is 0 Å². The molecule has 1 aliphatic heterocycles. The minimum Gasteiger partial charge on any atom is -0.489 e. The number of nitrogens with one attached hydrogen (secondary N) is 1. The van der Waals surface area contributed by atoms with Crippen LogP contribution in [0, 0.1) is 5.92 Å². The smallest absolute Gasteiger partial charge is 0.353 e. The van der Waals surface area contributed by atoms with E-state index >= 15 is 0 Å². The number of ether oxygens (including phenoxy) is 1. The minimum absolute atomic E-state index is 0.0844. The second-order valence-electron chi connectivity index (χ2n) is 7.02. The molecular formula is C21H32N4O3. The van der Waals surface area contributed by atoms with Crippen molar-refractivity contribution in [1.82, 2.24) is 10.2 Å². The van der Waals surface area contributed by atoms with Gasteiger partial charge in [0.1, 0.15) is 23.9 Å². The van der Waals surface area contributed by atoms with Crippen molar-refractivity contribution in [2.45, 2.75) is 41.5 Å².